The van der Waals surface area contributed by atoms with Gasteiger partial charge in [0.2, 0.25) is 0 Å². The topological polar surface area (TPSA) is 68.5 Å². The largest absolute Gasteiger partial charge is 0.459 e. The van der Waals surface area contributed by atoms with Gasteiger partial charge in [0.05, 0.1) is 12.5 Å². The Morgan fingerprint density at radius 1 is 1.22 bits per heavy atom. The summed E-state index contributed by atoms with van der Waals surface area (Å²) in [5.41, 5.74) is 0.766. The van der Waals surface area contributed by atoms with Crippen LogP contribution in [0.3, 0.4) is 0 Å². The molecule has 3 aromatic rings. The van der Waals surface area contributed by atoms with Gasteiger partial charge in [-0.05, 0) is 31.2 Å². The number of carbonyl (C=O) groups is 2. The lowest BCUT2D eigenvalue weighted by Crippen LogP contribution is -2.31. The van der Waals surface area contributed by atoms with Gasteiger partial charge in [0.1, 0.15) is 17.2 Å². The molecule has 0 saturated heterocycles. The van der Waals surface area contributed by atoms with Crippen molar-refractivity contribution in [1.82, 2.24) is 5.32 Å². The maximum absolute atomic E-state index is 13.7. The van der Waals surface area contributed by atoms with Crippen molar-refractivity contribution >= 4 is 34.4 Å². The van der Waals surface area contributed by atoms with Crippen molar-refractivity contribution in [3.8, 4) is 0 Å². The molecule has 1 amide bonds. The highest BCUT2D eigenvalue weighted by molar-refractivity contribution is 6.31. The Balaban J connectivity index is 1.52. The number of amides is 1. The average Bonchev–Trinajstić information content (AvgIpc) is 3.07. The standard InChI is InChI=1S/C20H17ClFNO4/c1-12(18-9-13-5-2-3-8-17(13)27-18)23-19(24)11-26-20(25)10-14-15(21)6-4-7-16(14)22/h2-9,12H,10-11H2,1H3,(H,23,24)/t12-/m0/s1. The lowest BCUT2D eigenvalue weighted by atomic mass is 10.1. The van der Waals surface area contributed by atoms with Gasteiger partial charge < -0.3 is 14.5 Å². The van der Waals surface area contributed by atoms with E-state index in [1.54, 1.807) is 6.92 Å². The van der Waals surface area contributed by atoms with Crippen LogP contribution in [0.4, 0.5) is 4.39 Å². The van der Waals surface area contributed by atoms with E-state index in [-0.39, 0.29) is 17.0 Å². The van der Waals surface area contributed by atoms with Crippen molar-refractivity contribution in [2.45, 2.75) is 19.4 Å². The molecular formula is C20H17ClFNO4. The number of rotatable bonds is 6. The number of fused-ring (bicyclic) bond motifs is 1. The molecule has 140 valence electrons. The Bertz CT molecular complexity index is 932. The second kappa shape index (κ2) is 8.22. The Hall–Kier alpha value is -2.86. The van der Waals surface area contributed by atoms with Crippen molar-refractivity contribution in [2.24, 2.45) is 0 Å². The molecule has 0 aliphatic rings. The molecule has 0 spiro atoms. The van der Waals surface area contributed by atoms with Crippen LogP contribution >= 0.6 is 11.6 Å². The summed E-state index contributed by atoms with van der Waals surface area (Å²) < 4.78 is 24.3. The maximum Gasteiger partial charge on any atom is 0.310 e. The number of para-hydroxylation sites is 1. The van der Waals surface area contributed by atoms with Crippen LogP contribution in [0.1, 0.15) is 24.3 Å². The van der Waals surface area contributed by atoms with E-state index < -0.39 is 30.3 Å². The molecule has 0 unspecified atom stereocenters. The summed E-state index contributed by atoms with van der Waals surface area (Å²) in [5, 5.41) is 3.76. The van der Waals surface area contributed by atoms with Gasteiger partial charge in [-0.2, -0.15) is 0 Å². The first kappa shape index (κ1) is 18.9. The Kier molecular flexibility index (Phi) is 5.76. The predicted octanol–water partition coefficient (Wildman–Crippen LogP) is 4.19. The van der Waals surface area contributed by atoms with E-state index in [9.17, 15) is 14.0 Å². The molecule has 0 bridgehead atoms. The average molecular weight is 390 g/mol. The highest BCUT2D eigenvalue weighted by Crippen LogP contribution is 2.23. The normalized spacial score (nSPS) is 12.0. The number of furan rings is 1. The Labute approximate surface area is 160 Å². The lowest BCUT2D eigenvalue weighted by molar-refractivity contribution is -0.148. The summed E-state index contributed by atoms with van der Waals surface area (Å²) in [7, 11) is 0. The van der Waals surface area contributed by atoms with Crippen molar-refractivity contribution in [1.29, 1.82) is 0 Å². The minimum atomic E-state index is -0.742. The van der Waals surface area contributed by atoms with Crippen LogP contribution in [-0.2, 0) is 20.7 Å². The van der Waals surface area contributed by atoms with Crippen LogP contribution in [-0.4, -0.2) is 18.5 Å². The van der Waals surface area contributed by atoms with Gasteiger partial charge in [0, 0.05) is 16.0 Å². The minimum Gasteiger partial charge on any atom is -0.459 e. The third-order valence-electron chi connectivity index (χ3n) is 4.00. The molecule has 3 rings (SSSR count). The van der Waals surface area contributed by atoms with Crippen LogP contribution in [0.25, 0.3) is 11.0 Å². The first-order chi connectivity index (χ1) is 12.9. The van der Waals surface area contributed by atoms with Crippen LogP contribution < -0.4 is 5.32 Å². The quantitative estimate of drug-likeness (QED) is 0.642. The van der Waals surface area contributed by atoms with Crippen molar-refractivity contribution < 1.29 is 23.1 Å². The van der Waals surface area contributed by atoms with Gasteiger partial charge in [-0.25, -0.2) is 4.39 Å². The molecule has 2 aromatic carbocycles. The molecule has 0 saturated carbocycles. The SMILES string of the molecule is C[C@H](NC(=O)COC(=O)Cc1c(F)cccc1Cl)c1cc2ccccc2o1. The summed E-state index contributed by atoms with van der Waals surface area (Å²) in [6, 6.07) is 13.1. The first-order valence-electron chi connectivity index (χ1n) is 8.30. The third-order valence-corrected chi connectivity index (χ3v) is 4.35. The summed E-state index contributed by atoms with van der Waals surface area (Å²) in [6.07, 6.45) is -0.349. The van der Waals surface area contributed by atoms with E-state index in [0.717, 1.165) is 11.0 Å². The van der Waals surface area contributed by atoms with E-state index in [2.05, 4.69) is 5.32 Å². The van der Waals surface area contributed by atoms with E-state index >= 15 is 0 Å². The number of carbonyl (C=O) groups excluding carboxylic acids is 2. The van der Waals surface area contributed by atoms with E-state index in [1.807, 2.05) is 30.3 Å². The number of hydrogen-bond donors (Lipinski definition) is 1. The van der Waals surface area contributed by atoms with Gasteiger partial charge >= 0.3 is 5.97 Å². The molecule has 5 nitrogen and oxygen atoms in total. The van der Waals surface area contributed by atoms with Crippen LogP contribution in [0.5, 0.6) is 0 Å². The molecule has 27 heavy (non-hydrogen) atoms. The number of benzene rings is 2. The minimum absolute atomic E-state index is 0.0419. The van der Waals surface area contributed by atoms with Gasteiger partial charge in [-0.15, -0.1) is 0 Å². The second-order valence-electron chi connectivity index (χ2n) is 6.01. The van der Waals surface area contributed by atoms with Crippen LogP contribution in [0, 0.1) is 5.82 Å². The Morgan fingerprint density at radius 2 is 2.00 bits per heavy atom. The summed E-state index contributed by atoms with van der Waals surface area (Å²) in [5.74, 6) is -1.24. The lowest BCUT2D eigenvalue weighted by Gasteiger charge is -2.12. The molecule has 7 heteroatoms. The van der Waals surface area contributed by atoms with E-state index in [4.69, 9.17) is 20.8 Å². The monoisotopic (exact) mass is 389 g/mol. The van der Waals surface area contributed by atoms with E-state index in [0.29, 0.717) is 5.76 Å². The zero-order valence-electron chi connectivity index (χ0n) is 14.5. The van der Waals surface area contributed by atoms with Crippen molar-refractivity contribution in [3.05, 3.63) is 70.7 Å². The summed E-state index contributed by atoms with van der Waals surface area (Å²) >= 11 is 5.87. The van der Waals surface area contributed by atoms with E-state index in [1.165, 1.54) is 18.2 Å². The molecule has 1 heterocycles. The molecule has 0 fully saturated rings. The van der Waals surface area contributed by atoms with Crippen LogP contribution in [0.15, 0.2) is 52.9 Å². The molecular weight excluding hydrogens is 373 g/mol. The fourth-order valence-electron chi connectivity index (χ4n) is 2.61. The number of hydrogen-bond acceptors (Lipinski definition) is 4. The van der Waals surface area contributed by atoms with Gasteiger partial charge in [0.25, 0.3) is 5.91 Å². The van der Waals surface area contributed by atoms with Gasteiger partial charge in [-0.3, -0.25) is 9.59 Å². The number of esters is 1. The zero-order chi connectivity index (χ0) is 19.4. The highest BCUT2D eigenvalue weighted by Gasteiger charge is 2.17. The number of halogens is 2. The van der Waals surface area contributed by atoms with Gasteiger partial charge in [0.15, 0.2) is 6.61 Å². The second-order valence-corrected chi connectivity index (χ2v) is 6.42. The number of ether oxygens (including phenoxy) is 1. The van der Waals surface area contributed by atoms with Crippen molar-refractivity contribution in [3.63, 3.8) is 0 Å². The molecule has 0 aliphatic heterocycles. The Morgan fingerprint density at radius 3 is 2.74 bits per heavy atom. The van der Waals surface area contributed by atoms with Crippen molar-refractivity contribution in [2.75, 3.05) is 6.61 Å². The molecule has 1 atom stereocenters. The molecule has 0 aliphatic carbocycles. The van der Waals surface area contributed by atoms with Crippen LogP contribution in [0.2, 0.25) is 5.02 Å². The smallest absolute Gasteiger partial charge is 0.310 e. The fraction of sp³-hybridized carbons (Fsp3) is 0.200. The third kappa shape index (κ3) is 4.65. The van der Waals surface area contributed by atoms with Gasteiger partial charge in [-0.1, -0.05) is 35.9 Å². The highest BCUT2D eigenvalue weighted by atomic mass is 35.5. The zero-order valence-corrected chi connectivity index (χ0v) is 15.3. The maximum atomic E-state index is 13.7. The molecule has 0 radical (unpaired) electrons. The predicted molar refractivity (Wildman–Crippen MR) is 98.8 cm³/mol. The fourth-order valence-corrected chi connectivity index (χ4v) is 2.84. The summed E-state index contributed by atoms with van der Waals surface area (Å²) in [6.45, 7) is 1.28. The molecule has 1 N–H and O–H groups in total. The summed E-state index contributed by atoms with van der Waals surface area (Å²) in [4.78, 5) is 23.9. The first-order valence-corrected chi connectivity index (χ1v) is 8.68. The molecule has 1 aromatic heterocycles. The number of nitrogens with one attached hydrogen (secondary N) is 1.